The van der Waals surface area contributed by atoms with E-state index in [0.717, 1.165) is 54.7 Å². The van der Waals surface area contributed by atoms with E-state index in [4.69, 9.17) is 18.9 Å². The van der Waals surface area contributed by atoms with Crippen LogP contribution in [0.3, 0.4) is 0 Å². The van der Waals surface area contributed by atoms with Gasteiger partial charge >= 0.3 is 0 Å². The molecule has 1 N–H and O–H groups in total. The number of allylic oxidation sites excluding steroid dienone is 3. The summed E-state index contributed by atoms with van der Waals surface area (Å²) in [5.74, 6) is 2.53. The predicted octanol–water partition coefficient (Wildman–Crippen LogP) is 5.67. The molecule has 0 aliphatic heterocycles. The van der Waals surface area contributed by atoms with Crippen LogP contribution in [0.15, 0.2) is 47.7 Å². The Balaban J connectivity index is 1.62. The van der Waals surface area contributed by atoms with Crippen molar-refractivity contribution in [1.82, 2.24) is 0 Å². The van der Waals surface area contributed by atoms with Crippen molar-refractivity contribution in [3.8, 4) is 5.75 Å². The van der Waals surface area contributed by atoms with Crippen molar-refractivity contribution < 1.29 is 24.1 Å². The lowest BCUT2D eigenvalue weighted by Gasteiger charge is -2.55. The molecule has 2 bridgehead atoms. The summed E-state index contributed by atoms with van der Waals surface area (Å²) in [6, 6.07) is 8.10. The standard InChI is InChI=1S/C29H42O5/c1-28(2)25-17-24(32-5)22-15-20(16-23(22)30)9-12-27(33-6)29(25,3)14-13-26(28)34-18-19-7-10-21(31-4)11-8-19/h7-8,10-12,15,20,23-26,30H,9,13-14,16-18H2,1-6H3/b27-12+/t20-,23-,24-,25-,26+,29-/m1/s1. The minimum atomic E-state index is -0.424. The van der Waals surface area contributed by atoms with Gasteiger partial charge in [-0.2, -0.15) is 0 Å². The Bertz CT molecular complexity index is 902. The molecule has 0 unspecified atom stereocenters. The summed E-state index contributed by atoms with van der Waals surface area (Å²) in [5.41, 5.74) is 1.98. The molecule has 0 radical (unpaired) electrons. The third kappa shape index (κ3) is 4.67. The first-order valence-corrected chi connectivity index (χ1v) is 12.6. The zero-order valence-electron chi connectivity index (χ0n) is 21.7. The highest BCUT2D eigenvalue weighted by Gasteiger charge is 2.55. The molecule has 5 heteroatoms. The number of ether oxygens (including phenoxy) is 4. The summed E-state index contributed by atoms with van der Waals surface area (Å²) in [6.45, 7) is 7.60. The van der Waals surface area contributed by atoms with Crippen molar-refractivity contribution in [3.05, 3.63) is 53.3 Å². The number of hydrogen-bond acceptors (Lipinski definition) is 5. The zero-order chi connectivity index (χ0) is 24.5. The fraction of sp³-hybridized carbons (Fsp3) is 0.655. The largest absolute Gasteiger partial charge is 0.501 e. The topological polar surface area (TPSA) is 57.2 Å². The van der Waals surface area contributed by atoms with E-state index in [1.807, 2.05) is 12.1 Å². The van der Waals surface area contributed by atoms with E-state index in [-0.39, 0.29) is 29.0 Å². The molecule has 3 aliphatic carbocycles. The third-order valence-corrected chi connectivity index (χ3v) is 8.87. The minimum Gasteiger partial charge on any atom is -0.501 e. The van der Waals surface area contributed by atoms with Crippen LogP contribution in [-0.4, -0.2) is 44.7 Å². The lowest BCUT2D eigenvalue weighted by molar-refractivity contribution is -0.140. The van der Waals surface area contributed by atoms with Gasteiger partial charge in [-0.05, 0) is 78.7 Å². The van der Waals surface area contributed by atoms with Gasteiger partial charge < -0.3 is 24.1 Å². The molecule has 0 saturated heterocycles. The molecular weight excluding hydrogens is 428 g/mol. The molecule has 34 heavy (non-hydrogen) atoms. The Morgan fingerprint density at radius 2 is 1.74 bits per heavy atom. The van der Waals surface area contributed by atoms with Crippen LogP contribution in [0, 0.1) is 22.7 Å². The maximum atomic E-state index is 10.8. The van der Waals surface area contributed by atoms with Crippen molar-refractivity contribution >= 4 is 0 Å². The van der Waals surface area contributed by atoms with Crippen LogP contribution in [0.25, 0.3) is 0 Å². The van der Waals surface area contributed by atoms with Gasteiger partial charge in [0, 0.05) is 12.5 Å². The second kappa shape index (κ2) is 10.0. The summed E-state index contributed by atoms with van der Waals surface area (Å²) >= 11 is 0. The average molecular weight is 471 g/mol. The summed E-state index contributed by atoms with van der Waals surface area (Å²) in [4.78, 5) is 0. The molecule has 6 atom stereocenters. The normalized spacial score (nSPS) is 36.6. The molecule has 1 aromatic carbocycles. The van der Waals surface area contributed by atoms with Gasteiger partial charge in [0.2, 0.25) is 0 Å². The van der Waals surface area contributed by atoms with E-state index in [1.54, 1.807) is 21.3 Å². The van der Waals surface area contributed by atoms with Crippen LogP contribution < -0.4 is 4.74 Å². The van der Waals surface area contributed by atoms with Crippen LogP contribution in [0.1, 0.15) is 58.4 Å². The Morgan fingerprint density at radius 3 is 2.38 bits per heavy atom. The molecule has 1 saturated carbocycles. The number of benzene rings is 1. The first-order chi connectivity index (χ1) is 16.2. The molecule has 4 rings (SSSR count). The van der Waals surface area contributed by atoms with E-state index in [0.29, 0.717) is 12.5 Å². The van der Waals surface area contributed by atoms with Crippen molar-refractivity contribution in [2.45, 2.75) is 77.8 Å². The summed E-state index contributed by atoms with van der Waals surface area (Å²) in [7, 11) is 5.26. The Labute approximate surface area is 205 Å². The molecule has 3 aliphatic rings. The monoisotopic (exact) mass is 470 g/mol. The number of aliphatic hydroxyl groups excluding tert-OH is 1. The number of rotatable bonds is 6. The smallest absolute Gasteiger partial charge is 0.118 e. The van der Waals surface area contributed by atoms with Crippen molar-refractivity contribution in [3.63, 3.8) is 0 Å². The van der Waals surface area contributed by atoms with E-state index in [1.165, 1.54) is 0 Å². The third-order valence-electron chi connectivity index (χ3n) is 8.87. The van der Waals surface area contributed by atoms with Crippen LogP contribution in [0.4, 0.5) is 0 Å². The summed E-state index contributed by atoms with van der Waals surface area (Å²) in [6.07, 6.45) is 8.58. The lowest BCUT2D eigenvalue weighted by Crippen LogP contribution is -2.53. The zero-order valence-corrected chi connectivity index (χ0v) is 21.7. The van der Waals surface area contributed by atoms with Gasteiger partial charge in [-0.25, -0.2) is 0 Å². The predicted molar refractivity (Wildman–Crippen MR) is 134 cm³/mol. The second-order valence-electron chi connectivity index (χ2n) is 11.1. The summed E-state index contributed by atoms with van der Waals surface area (Å²) in [5, 5.41) is 10.8. The highest BCUT2D eigenvalue weighted by molar-refractivity contribution is 5.27. The van der Waals surface area contributed by atoms with Crippen LogP contribution in [0.5, 0.6) is 5.75 Å². The molecule has 0 amide bonds. The summed E-state index contributed by atoms with van der Waals surface area (Å²) < 4.78 is 24.0. The van der Waals surface area contributed by atoms with E-state index >= 15 is 0 Å². The van der Waals surface area contributed by atoms with E-state index in [9.17, 15) is 5.11 Å². The Morgan fingerprint density at radius 1 is 1.00 bits per heavy atom. The van der Waals surface area contributed by atoms with E-state index in [2.05, 4.69) is 45.1 Å². The minimum absolute atomic E-state index is 0.0971. The van der Waals surface area contributed by atoms with Crippen LogP contribution >= 0.6 is 0 Å². The Hall–Kier alpha value is -1.82. The molecule has 188 valence electrons. The van der Waals surface area contributed by atoms with Crippen molar-refractivity contribution in [1.29, 1.82) is 0 Å². The number of hydrogen-bond donors (Lipinski definition) is 1. The van der Waals surface area contributed by atoms with Crippen LogP contribution in [-0.2, 0) is 20.8 Å². The molecular formula is C29H42O5. The van der Waals surface area contributed by atoms with Crippen molar-refractivity contribution in [2.24, 2.45) is 22.7 Å². The lowest BCUT2D eigenvalue weighted by atomic mass is 9.52. The highest BCUT2D eigenvalue weighted by atomic mass is 16.5. The maximum absolute atomic E-state index is 10.8. The quantitative estimate of drug-likeness (QED) is 0.543. The number of fused-ring (bicyclic) bond motifs is 2. The fourth-order valence-electron chi connectivity index (χ4n) is 6.85. The van der Waals surface area contributed by atoms with Crippen LogP contribution in [0.2, 0.25) is 0 Å². The van der Waals surface area contributed by atoms with Gasteiger partial charge in [-0.15, -0.1) is 0 Å². The first kappa shape index (κ1) is 25.3. The second-order valence-corrected chi connectivity index (χ2v) is 11.1. The fourth-order valence-corrected chi connectivity index (χ4v) is 6.85. The molecule has 0 heterocycles. The number of methoxy groups -OCH3 is 3. The van der Waals surface area contributed by atoms with Gasteiger partial charge in [-0.1, -0.05) is 39.0 Å². The average Bonchev–Trinajstić information content (AvgIpc) is 3.18. The molecule has 0 aromatic heterocycles. The highest BCUT2D eigenvalue weighted by Crippen LogP contribution is 2.58. The molecule has 5 nitrogen and oxygen atoms in total. The van der Waals surface area contributed by atoms with Gasteiger partial charge in [-0.3, -0.25) is 0 Å². The first-order valence-electron chi connectivity index (χ1n) is 12.6. The number of aliphatic hydroxyl groups is 1. The van der Waals surface area contributed by atoms with Gasteiger partial charge in [0.1, 0.15) is 5.75 Å². The maximum Gasteiger partial charge on any atom is 0.118 e. The van der Waals surface area contributed by atoms with Crippen molar-refractivity contribution in [2.75, 3.05) is 21.3 Å². The van der Waals surface area contributed by atoms with Gasteiger partial charge in [0.15, 0.2) is 0 Å². The van der Waals surface area contributed by atoms with Gasteiger partial charge in [0.05, 0.1) is 44.9 Å². The molecule has 1 aromatic rings. The van der Waals surface area contributed by atoms with Gasteiger partial charge in [0.25, 0.3) is 0 Å². The SMILES string of the molecule is CO/C1=C/C[C@@H]2C=C([C@H](O)C2)[C@H](OC)C[C@@H]2C(C)(C)[C@@H](OCc3ccc(OC)cc3)CC[C@@]12C. The Kier molecular flexibility index (Phi) is 7.47. The molecule has 0 spiro atoms. The molecule has 1 fully saturated rings. The van der Waals surface area contributed by atoms with E-state index < -0.39 is 6.10 Å².